The van der Waals surface area contributed by atoms with E-state index < -0.39 is 6.03 Å². The number of nitrogens with one attached hydrogen (secondary N) is 2. The van der Waals surface area contributed by atoms with E-state index in [1.54, 1.807) is 13.8 Å². The van der Waals surface area contributed by atoms with Crippen LogP contribution in [0.15, 0.2) is 48.5 Å². The molecule has 1 saturated heterocycles. The largest absolute Gasteiger partial charge is 0.368 e. The molecule has 0 bridgehead atoms. The number of nitrogens with zero attached hydrogens (tertiary/aromatic N) is 3. The van der Waals surface area contributed by atoms with Gasteiger partial charge in [0.25, 0.3) is 5.91 Å². The van der Waals surface area contributed by atoms with Gasteiger partial charge in [-0.25, -0.2) is 9.78 Å². The molecule has 176 valence electrons. The summed E-state index contributed by atoms with van der Waals surface area (Å²) in [7, 11) is 0. The number of Topliss-reactive ketones (excluding diaryl/α,β-unsaturated/α-hetero) is 1. The molecule has 3 amide bonds. The molecule has 1 aliphatic rings. The summed E-state index contributed by atoms with van der Waals surface area (Å²) in [6, 6.07) is 14.7. The van der Waals surface area contributed by atoms with Crippen molar-refractivity contribution in [3.05, 3.63) is 70.2 Å². The van der Waals surface area contributed by atoms with Gasteiger partial charge < -0.3 is 15.1 Å². The Hall–Kier alpha value is -3.72. The van der Waals surface area contributed by atoms with Crippen molar-refractivity contribution in [3.8, 4) is 0 Å². The van der Waals surface area contributed by atoms with Crippen molar-refractivity contribution in [2.75, 3.05) is 41.7 Å². The smallest absolute Gasteiger partial charge is 0.325 e. The van der Waals surface area contributed by atoms with Gasteiger partial charge in [0.15, 0.2) is 10.9 Å². The Bertz CT molecular complexity index is 1210. The SMILES string of the molecule is CC(=O)c1ccc(N2CCN(C(=O)c3sc(NC(=O)Nc4cccc(C)c4)nc3C)CC2)cc1. The van der Waals surface area contributed by atoms with Crippen LogP contribution in [0.4, 0.5) is 21.3 Å². The summed E-state index contributed by atoms with van der Waals surface area (Å²) in [6.07, 6.45) is 0. The molecule has 8 nitrogen and oxygen atoms in total. The summed E-state index contributed by atoms with van der Waals surface area (Å²) in [5.74, 6) is -0.0304. The minimum Gasteiger partial charge on any atom is -0.368 e. The molecule has 34 heavy (non-hydrogen) atoms. The van der Waals surface area contributed by atoms with Crippen molar-refractivity contribution >= 4 is 45.6 Å². The fourth-order valence-corrected chi connectivity index (χ4v) is 4.78. The van der Waals surface area contributed by atoms with E-state index in [1.165, 1.54) is 11.3 Å². The Morgan fingerprint density at radius 2 is 1.65 bits per heavy atom. The molecule has 0 radical (unpaired) electrons. The third kappa shape index (κ3) is 5.43. The molecule has 2 heterocycles. The first-order valence-corrected chi connectivity index (χ1v) is 11.9. The number of aromatic nitrogens is 1. The lowest BCUT2D eigenvalue weighted by Crippen LogP contribution is -2.48. The summed E-state index contributed by atoms with van der Waals surface area (Å²) in [5.41, 5.74) is 4.07. The number of aryl methyl sites for hydroxylation is 2. The van der Waals surface area contributed by atoms with E-state index in [9.17, 15) is 14.4 Å². The van der Waals surface area contributed by atoms with E-state index >= 15 is 0 Å². The second kappa shape index (κ2) is 10.0. The number of hydrogen-bond acceptors (Lipinski definition) is 6. The van der Waals surface area contributed by atoms with E-state index in [4.69, 9.17) is 0 Å². The van der Waals surface area contributed by atoms with Gasteiger partial charge in [-0.1, -0.05) is 23.5 Å². The van der Waals surface area contributed by atoms with Crippen molar-refractivity contribution in [3.63, 3.8) is 0 Å². The second-order valence-electron chi connectivity index (χ2n) is 8.26. The molecular weight excluding hydrogens is 450 g/mol. The maximum atomic E-state index is 13.1. The van der Waals surface area contributed by atoms with Gasteiger partial charge in [-0.2, -0.15) is 0 Å². The van der Waals surface area contributed by atoms with E-state index in [-0.39, 0.29) is 11.7 Å². The number of urea groups is 1. The van der Waals surface area contributed by atoms with E-state index in [1.807, 2.05) is 60.4 Å². The van der Waals surface area contributed by atoms with Crippen molar-refractivity contribution in [2.24, 2.45) is 0 Å². The Morgan fingerprint density at radius 1 is 0.941 bits per heavy atom. The molecule has 0 saturated carbocycles. The van der Waals surface area contributed by atoms with Crippen LogP contribution in [0, 0.1) is 13.8 Å². The monoisotopic (exact) mass is 477 g/mol. The highest BCUT2D eigenvalue weighted by Crippen LogP contribution is 2.26. The molecule has 1 aliphatic heterocycles. The molecule has 0 atom stereocenters. The van der Waals surface area contributed by atoms with Gasteiger partial charge in [0, 0.05) is 43.1 Å². The van der Waals surface area contributed by atoms with Crippen LogP contribution in [-0.2, 0) is 0 Å². The number of anilines is 3. The van der Waals surface area contributed by atoms with Gasteiger partial charge in [0.05, 0.1) is 5.69 Å². The van der Waals surface area contributed by atoms with Crippen LogP contribution in [0.1, 0.15) is 38.2 Å². The molecular formula is C25H27N5O3S. The molecule has 0 unspecified atom stereocenters. The topological polar surface area (TPSA) is 94.6 Å². The third-order valence-corrected chi connectivity index (χ3v) is 6.75. The highest BCUT2D eigenvalue weighted by Gasteiger charge is 2.26. The van der Waals surface area contributed by atoms with Crippen LogP contribution in [0.3, 0.4) is 0 Å². The zero-order valence-corrected chi connectivity index (χ0v) is 20.2. The van der Waals surface area contributed by atoms with Gasteiger partial charge in [0.1, 0.15) is 4.88 Å². The minimum atomic E-state index is -0.400. The fourth-order valence-electron chi connectivity index (χ4n) is 3.85. The fraction of sp³-hybridized carbons (Fsp3) is 0.280. The molecule has 2 aromatic carbocycles. The summed E-state index contributed by atoms with van der Waals surface area (Å²) in [4.78, 5) is 45.9. The minimum absolute atomic E-state index is 0.0448. The van der Waals surface area contributed by atoms with Gasteiger partial charge in [-0.15, -0.1) is 0 Å². The highest BCUT2D eigenvalue weighted by atomic mass is 32.1. The zero-order chi connectivity index (χ0) is 24.2. The number of benzene rings is 2. The molecule has 1 aromatic heterocycles. The van der Waals surface area contributed by atoms with Crippen LogP contribution < -0.4 is 15.5 Å². The Morgan fingerprint density at radius 3 is 2.29 bits per heavy atom. The summed E-state index contributed by atoms with van der Waals surface area (Å²) >= 11 is 1.18. The van der Waals surface area contributed by atoms with Crippen LogP contribution in [0.2, 0.25) is 0 Å². The zero-order valence-electron chi connectivity index (χ0n) is 19.4. The van der Waals surface area contributed by atoms with E-state index in [0.29, 0.717) is 53.1 Å². The number of carbonyl (C=O) groups excluding carboxylic acids is 3. The van der Waals surface area contributed by atoms with Crippen LogP contribution >= 0.6 is 11.3 Å². The molecule has 0 spiro atoms. The van der Waals surface area contributed by atoms with Gasteiger partial charge in [0.2, 0.25) is 0 Å². The van der Waals surface area contributed by atoms with Crippen LogP contribution in [0.5, 0.6) is 0 Å². The van der Waals surface area contributed by atoms with Gasteiger partial charge in [-0.05, 0) is 62.7 Å². The number of rotatable bonds is 5. The Kier molecular flexibility index (Phi) is 6.93. The number of hydrogen-bond donors (Lipinski definition) is 2. The lowest BCUT2D eigenvalue weighted by atomic mass is 10.1. The van der Waals surface area contributed by atoms with Crippen LogP contribution in [0.25, 0.3) is 0 Å². The molecule has 3 aromatic rings. The molecule has 2 N–H and O–H groups in total. The average Bonchev–Trinajstić information content (AvgIpc) is 3.18. The lowest BCUT2D eigenvalue weighted by Gasteiger charge is -2.36. The Balaban J connectivity index is 1.34. The number of ketones is 1. The van der Waals surface area contributed by atoms with Crippen molar-refractivity contribution < 1.29 is 14.4 Å². The van der Waals surface area contributed by atoms with Gasteiger partial charge in [-0.3, -0.25) is 14.9 Å². The number of thiazole rings is 1. The number of piperazine rings is 1. The third-order valence-electron chi connectivity index (χ3n) is 5.69. The first-order chi connectivity index (χ1) is 16.3. The summed E-state index contributed by atoms with van der Waals surface area (Å²) < 4.78 is 0. The first kappa shape index (κ1) is 23.4. The molecule has 9 heteroatoms. The van der Waals surface area contributed by atoms with Gasteiger partial charge >= 0.3 is 6.03 Å². The summed E-state index contributed by atoms with van der Waals surface area (Å²) in [5, 5.41) is 5.89. The lowest BCUT2D eigenvalue weighted by molar-refractivity contribution is 0.0750. The first-order valence-electron chi connectivity index (χ1n) is 11.1. The van der Waals surface area contributed by atoms with E-state index in [2.05, 4.69) is 20.5 Å². The van der Waals surface area contributed by atoms with Crippen molar-refractivity contribution in [1.29, 1.82) is 0 Å². The summed E-state index contributed by atoms with van der Waals surface area (Å²) in [6.45, 7) is 7.86. The van der Waals surface area contributed by atoms with Crippen molar-refractivity contribution in [2.45, 2.75) is 20.8 Å². The standard InChI is InChI=1S/C25H27N5O3S/c1-16-5-4-6-20(15-16)27-24(33)28-25-26-17(2)22(34-25)23(32)30-13-11-29(12-14-30)21-9-7-19(8-10-21)18(3)31/h4-10,15H,11-14H2,1-3H3,(H2,26,27,28,33). The predicted molar refractivity (Wildman–Crippen MR) is 135 cm³/mol. The number of amides is 3. The van der Waals surface area contributed by atoms with Crippen LogP contribution in [-0.4, -0.2) is 53.8 Å². The normalized spacial score (nSPS) is 13.5. The maximum Gasteiger partial charge on any atom is 0.325 e. The number of carbonyl (C=O) groups is 3. The quantitative estimate of drug-likeness (QED) is 0.525. The highest BCUT2D eigenvalue weighted by molar-refractivity contribution is 7.17. The average molecular weight is 478 g/mol. The maximum absolute atomic E-state index is 13.1. The molecule has 4 rings (SSSR count). The second-order valence-corrected chi connectivity index (χ2v) is 9.26. The van der Waals surface area contributed by atoms with Crippen molar-refractivity contribution in [1.82, 2.24) is 9.88 Å². The predicted octanol–water partition coefficient (Wildman–Crippen LogP) is 4.57. The Labute approximate surface area is 202 Å². The van der Waals surface area contributed by atoms with E-state index in [0.717, 1.165) is 11.3 Å². The molecule has 1 fully saturated rings. The molecule has 0 aliphatic carbocycles.